The molecule has 1 unspecified atom stereocenters. The Kier molecular flexibility index (Phi) is 3.12. The highest BCUT2D eigenvalue weighted by Crippen LogP contribution is 2.38. The van der Waals surface area contributed by atoms with Crippen LogP contribution < -0.4 is 14.2 Å². The lowest BCUT2D eigenvalue weighted by molar-refractivity contribution is -0.855. The SMILES string of the molecule is O=COc1ccc2c(c1)OC13Oc4cc(C(=O)O)ccc4C=[N+]1CC[N+]3=C2. The lowest BCUT2D eigenvalue weighted by Gasteiger charge is -2.27. The van der Waals surface area contributed by atoms with Gasteiger partial charge in [-0.1, -0.05) is 9.15 Å². The van der Waals surface area contributed by atoms with E-state index in [0.717, 1.165) is 11.1 Å². The maximum Gasteiger partial charge on any atom is 0.704 e. The van der Waals surface area contributed by atoms with Gasteiger partial charge >= 0.3 is 12.0 Å². The zero-order valence-corrected chi connectivity index (χ0v) is 14.0. The normalized spacial score (nSPS) is 21.2. The van der Waals surface area contributed by atoms with E-state index in [2.05, 4.69) is 0 Å². The molecule has 1 saturated heterocycles. The van der Waals surface area contributed by atoms with E-state index < -0.39 is 12.0 Å². The number of nitrogens with zero attached hydrogens (tertiary/aromatic N) is 2. The lowest BCUT2D eigenvalue weighted by Crippen LogP contribution is -2.59. The summed E-state index contributed by atoms with van der Waals surface area (Å²) in [5.74, 6) is 0.264. The number of carboxylic acids is 1. The van der Waals surface area contributed by atoms with Crippen LogP contribution >= 0.6 is 0 Å². The minimum atomic E-state index is -1.24. The molecule has 0 aromatic heterocycles. The number of hydrogen-bond acceptors (Lipinski definition) is 5. The first kappa shape index (κ1) is 15.6. The van der Waals surface area contributed by atoms with E-state index in [1.165, 1.54) is 6.07 Å². The van der Waals surface area contributed by atoms with Crippen molar-refractivity contribution in [3.8, 4) is 17.2 Å². The number of rotatable bonds is 3. The van der Waals surface area contributed by atoms with Crippen LogP contribution in [0.3, 0.4) is 0 Å². The van der Waals surface area contributed by atoms with Gasteiger partial charge in [-0.2, -0.15) is 0 Å². The second kappa shape index (κ2) is 5.41. The summed E-state index contributed by atoms with van der Waals surface area (Å²) in [6.45, 7) is 1.69. The highest BCUT2D eigenvalue weighted by atomic mass is 16.7. The van der Waals surface area contributed by atoms with Crippen LogP contribution in [0.15, 0.2) is 36.4 Å². The molecule has 0 aliphatic carbocycles. The van der Waals surface area contributed by atoms with Gasteiger partial charge in [-0.3, -0.25) is 4.79 Å². The number of carboxylic acid groups (broad SMARTS) is 1. The third kappa shape index (κ3) is 2.23. The summed E-state index contributed by atoms with van der Waals surface area (Å²) in [7, 11) is 0. The molecule has 2 aromatic carbocycles. The monoisotopic (exact) mass is 366 g/mol. The highest BCUT2D eigenvalue weighted by Gasteiger charge is 2.68. The molecule has 134 valence electrons. The van der Waals surface area contributed by atoms with Crippen LogP contribution in [0.4, 0.5) is 0 Å². The molecule has 3 aliphatic heterocycles. The van der Waals surface area contributed by atoms with Crippen LogP contribution in [0.2, 0.25) is 0 Å². The van der Waals surface area contributed by atoms with Crippen LogP contribution in [0.5, 0.6) is 17.2 Å². The van der Waals surface area contributed by atoms with E-state index in [1.807, 2.05) is 21.6 Å². The van der Waals surface area contributed by atoms with Crippen molar-refractivity contribution in [2.24, 2.45) is 0 Å². The Morgan fingerprint density at radius 3 is 2.30 bits per heavy atom. The molecule has 3 heterocycles. The Labute approximate surface area is 153 Å². The van der Waals surface area contributed by atoms with E-state index >= 15 is 0 Å². The number of benzene rings is 2. The largest absolute Gasteiger partial charge is 0.704 e. The van der Waals surface area contributed by atoms with Crippen molar-refractivity contribution in [1.82, 2.24) is 0 Å². The van der Waals surface area contributed by atoms with Crippen molar-refractivity contribution in [3.63, 3.8) is 0 Å². The van der Waals surface area contributed by atoms with Gasteiger partial charge < -0.3 is 19.3 Å². The van der Waals surface area contributed by atoms with E-state index in [4.69, 9.17) is 14.2 Å². The van der Waals surface area contributed by atoms with Gasteiger partial charge in [0.2, 0.25) is 13.1 Å². The van der Waals surface area contributed by atoms with Crippen molar-refractivity contribution in [1.29, 1.82) is 0 Å². The first-order valence-corrected chi connectivity index (χ1v) is 8.32. The second-order valence-corrected chi connectivity index (χ2v) is 6.37. The van der Waals surface area contributed by atoms with Gasteiger partial charge in [0.25, 0.3) is 6.47 Å². The van der Waals surface area contributed by atoms with Crippen LogP contribution in [-0.2, 0) is 4.79 Å². The fraction of sp³-hybridized carbons (Fsp3) is 0.158. The number of carbonyl (C=O) groups is 2. The van der Waals surface area contributed by atoms with Gasteiger partial charge in [-0.05, 0) is 30.3 Å². The topological polar surface area (TPSA) is 88.1 Å². The lowest BCUT2D eigenvalue weighted by atomic mass is 10.1. The number of ether oxygens (including phenoxy) is 3. The average molecular weight is 366 g/mol. The Morgan fingerprint density at radius 2 is 1.67 bits per heavy atom. The average Bonchev–Trinajstić information content (AvgIpc) is 3.01. The molecule has 8 nitrogen and oxygen atoms in total. The molecule has 1 fully saturated rings. The Balaban J connectivity index is 1.61. The summed E-state index contributed by atoms with van der Waals surface area (Å²) in [4.78, 5) is 21.9. The van der Waals surface area contributed by atoms with Crippen molar-refractivity contribution < 1.29 is 38.1 Å². The fourth-order valence-electron chi connectivity index (χ4n) is 3.53. The van der Waals surface area contributed by atoms with Crippen LogP contribution in [-0.4, -0.2) is 58.3 Å². The molecule has 5 rings (SSSR count). The van der Waals surface area contributed by atoms with Crippen molar-refractivity contribution in [2.75, 3.05) is 13.1 Å². The molecule has 0 bridgehead atoms. The maximum absolute atomic E-state index is 11.3. The molecule has 0 radical (unpaired) electrons. The third-order valence-electron chi connectivity index (χ3n) is 4.81. The highest BCUT2D eigenvalue weighted by molar-refractivity contribution is 5.91. The number of aromatic carboxylic acids is 1. The first-order valence-electron chi connectivity index (χ1n) is 8.32. The molecule has 0 amide bonds. The molecule has 1 spiro atoms. The summed E-state index contributed by atoms with van der Waals surface area (Å²) in [6, 6.07) is 8.60. The summed E-state index contributed by atoms with van der Waals surface area (Å²) in [6.07, 6.45) is 3.82. The smallest absolute Gasteiger partial charge is 0.478 e. The van der Waals surface area contributed by atoms with Gasteiger partial charge in [0, 0.05) is 6.07 Å². The molecule has 27 heavy (non-hydrogen) atoms. The van der Waals surface area contributed by atoms with Gasteiger partial charge in [-0.25, -0.2) is 4.79 Å². The Hall–Kier alpha value is -3.68. The molecule has 1 atom stereocenters. The van der Waals surface area contributed by atoms with E-state index in [1.54, 1.807) is 30.3 Å². The van der Waals surface area contributed by atoms with Crippen LogP contribution in [0.1, 0.15) is 21.5 Å². The molecule has 3 aliphatic rings. The van der Waals surface area contributed by atoms with Gasteiger partial charge in [-0.15, -0.1) is 0 Å². The Morgan fingerprint density at radius 1 is 1.04 bits per heavy atom. The quantitative estimate of drug-likeness (QED) is 0.641. The number of fused-ring (bicyclic) bond motifs is 2. The molecule has 2 aromatic rings. The standard InChI is InChI=1S/C19H13N2O6/c22-11-25-15-4-3-14-10-21-6-5-20-9-13-2-1-12(18(23)24)7-16(13)26-19(20,21)27-17(14)8-15/h1-4,7-11H,5-6H2/q+1/p+1. The minimum Gasteiger partial charge on any atom is -0.478 e. The zero-order chi connectivity index (χ0) is 18.6. The predicted molar refractivity (Wildman–Crippen MR) is 91.1 cm³/mol. The summed E-state index contributed by atoms with van der Waals surface area (Å²) in [5.41, 5.74) is 1.74. The summed E-state index contributed by atoms with van der Waals surface area (Å²) < 4.78 is 21.1. The third-order valence-corrected chi connectivity index (χ3v) is 4.81. The van der Waals surface area contributed by atoms with Crippen molar-refractivity contribution >= 4 is 24.9 Å². The second-order valence-electron chi connectivity index (χ2n) is 6.37. The molecule has 8 heteroatoms. The van der Waals surface area contributed by atoms with E-state index in [-0.39, 0.29) is 5.56 Å². The molecule has 1 N–H and O–H groups in total. The maximum atomic E-state index is 11.3. The van der Waals surface area contributed by atoms with Gasteiger partial charge in [0.1, 0.15) is 5.75 Å². The Bertz CT molecular complexity index is 1070. The number of carbonyl (C=O) groups excluding carboxylic acids is 1. The molecular weight excluding hydrogens is 352 g/mol. The fourth-order valence-corrected chi connectivity index (χ4v) is 3.53. The van der Waals surface area contributed by atoms with E-state index in [0.29, 0.717) is 36.8 Å². The predicted octanol–water partition coefficient (Wildman–Crippen LogP) is 0.893. The summed E-state index contributed by atoms with van der Waals surface area (Å²) in [5, 5.41) is 9.25. The van der Waals surface area contributed by atoms with Crippen LogP contribution in [0, 0.1) is 0 Å². The van der Waals surface area contributed by atoms with Gasteiger partial charge in [0.05, 0.1) is 16.7 Å². The van der Waals surface area contributed by atoms with Gasteiger partial charge in [0.15, 0.2) is 23.9 Å². The van der Waals surface area contributed by atoms with Crippen molar-refractivity contribution in [2.45, 2.75) is 6.03 Å². The van der Waals surface area contributed by atoms with Crippen molar-refractivity contribution in [3.05, 3.63) is 53.1 Å². The first-order chi connectivity index (χ1) is 13.1. The van der Waals surface area contributed by atoms with Crippen LogP contribution in [0.25, 0.3) is 0 Å². The minimum absolute atomic E-state index is 0.137. The molecular formula is C19H14N2O6+2. The van der Waals surface area contributed by atoms with E-state index in [9.17, 15) is 14.7 Å². The summed E-state index contributed by atoms with van der Waals surface area (Å²) >= 11 is 0. The molecule has 0 saturated carbocycles. The number of hydrogen-bond donors (Lipinski definition) is 1. The zero-order valence-electron chi connectivity index (χ0n) is 14.0.